The minimum Gasteiger partial charge on any atom is -0.492 e. The first kappa shape index (κ1) is 11.9. The molecule has 1 heterocycles. The summed E-state index contributed by atoms with van der Waals surface area (Å²) in [4.78, 5) is 4.08. The van der Waals surface area contributed by atoms with Gasteiger partial charge in [0, 0.05) is 13.3 Å². The van der Waals surface area contributed by atoms with E-state index >= 15 is 0 Å². The standard InChI is InChI=1S/C11H18N2O2/c1-3-4-15-10-5-9(6-13-7-10)11(12)8-14-2/h5-7,11H,3-4,8,12H2,1-2H3. The average Bonchev–Trinajstić information content (AvgIpc) is 2.27. The first-order valence-corrected chi connectivity index (χ1v) is 5.10. The van der Waals surface area contributed by atoms with E-state index in [0.29, 0.717) is 13.2 Å². The van der Waals surface area contributed by atoms with Crippen LogP contribution >= 0.6 is 0 Å². The molecule has 1 aromatic rings. The summed E-state index contributed by atoms with van der Waals surface area (Å²) in [6.07, 6.45) is 4.41. The fourth-order valence-electron chi connectivity index (χ4n) is 1.21. The van der Waals surface area contributed by atoms with E-state index in [9.17, 15) is 0 Å². The van der Waals surface area contributed by atoms with Gasteiger partial charge in [0.05, 0.1) is 25.5 Å². The largest absolute Gasteiger partial charge is 0.492 e. The molecule has 0 spiro atoms. The Hall–Kier alpha value is -1.13. The Morgan fingerprint density at radius 3 is 2.93 bits per heavy atom. The maximum atomic E-state index is 5.88. The van der Waals surface area contributed by atoms with E-state index in [1.165, 1.54) is 0 Å². The van der Waals surface area contributed by atoms with Crippen LogP contribution in [0, 0.1) is 0 Å². The van der Waals surface area contributed by atoms with Crippen LogP contribution in [0.2, 0.25) is 0 Å². The zero-order chi connectivity index (χ0) is 11.1. The summed E-state index contributed by atoms with van der Waals surface area (Å²) >= 11 is 0. The van der Waals surface area contributed by atoms with Crippen molar-refractivity contribution in [2.24, 2.45) is 5.73 Å². The topological polar surface area (TPSA) is 57.4 Å². The van der Waals surface area contributed by atoms with Crippen molar-refractivity contribution in [3.05, 3.63) is 24.0 Å². The second kappa shape index (κ2) is 6.37. The Kier molecular flexibility index (Phi) is 5.07. The zero-order valence-electron chi connectivity index (χ0n) is 9.27. The van der Waals surface area contributed by atoms with Crippen LogP contribution in [0.3, 0.4) is 0 Å². The summed E-state index contributed by atoms with van der Waals surface area (Å²) in [5.74, 6) is 0.765. The van der Waals surface area contributed by atoms with Crippen molar-refractivity contribution in [2.75, 3.05) is 20.3 Å². The van der Waals surface area contributed by atoms with Crippen molar-refractivity contribution in [3.63, 3.8) is 0 Å². The Labute approximate surface area is 90.4 Å². The maximum Gasteiger partial charge on any atom is 0.137 e. The van der Waals surface area contributed by atoms with Crippen LogP contribution in [0.4, 0.5) is 0 Å². The molecule has 0 aliphatic heterocycles. The van der Waals surface area contributed by atoms with Gasteiger partial charge in [0.1, 0.15) is 5.75 Å². The highest BCUT2D eigenvalue weighted by Gasteiger charge is 2.06. The Morgan fingerprint density at radius 1 is 1.47 bits per heavy atom. The second-order valence-electron chi connectivity index (χ2n) is 3.36. The van der Waals surface area contributed by atoms with Crippen molar-refractivity contribution in [1.82, 2.24) is 4.98 Å². The number of rotatable bonds is 6. The highest BCUT2D eigenvalue weighted by atomic mass is 16.5. The van der Waals surface area contributed by atoms with Gasteiger partial charge < -0.3 is 15.2 Å². The molecule has 15 heavy (non-hydrogen) atoms. The van der Waals surface area contributed by atoms with E-state index < -0.39 is 0 Å². The molecular formula is C11H18N2O2. The van der Waals surface area contributed by atoms with Crippen molar-refractivity contribution in [2.45, 2.75) is 19.4 Å². The molecule has 0 aliphatic carbocycles. The van der Waals surface area contributed by atoms with Crippen LogP contribution in [0.25, 0.3) is 0 Å². The Balaban J connectivity index is 2.64. The second-order valence-corrected chi connectivity index (χ2v) is 3.36. The molecule has 0 saturated carbocycles. The molecule has 1 rings (SSSR count). The number of nitrogens with zero attached hydrogens (tertiary/aromatic N) is 1. The third-order valence-electron chi connectivity index (χ3n) is 1.98. The molecule has 0 aromatic carbocycles. The summed E-state index contributed by atoms with van der Waals surface area (Å²) in [7, 11) is 1.63. The maximum absolute atomic E-state index is 5.88. The number of hydrogen-bond acceptors (Lipinski definition) is 4. The molecular weight excluding hydrogens is 192 g/mol. The lowest BCUT2D eigenvalue weighted by molar-refractivity contribution is 0.180. The normalized spacial score (nSPS) is 12.5. The summed E-state index contributed by atoms with van der Waals surface area (Å²) < 4.78 is 10.5. The molecule has 0 saturated heterocycles. The van der Waals surface area contributed by atoms with Crippen molar-refractivity contribution in [1.29, 1.82) is 0 Å². The van der Waals surface area contributed by atoms with E-state index in [2.05, 4.69) is 11.9 Å². The van der Waals surface area contributed by atoms with Gasteiger partial charge in [-0.25, -0.2) is 0 Å². The zero-order valence-corrected chi connectivity index (χ0v) is 9.27. The number of ether oxygens (including phenoxy) is 2. The van der Waals surface area contributed by atoms with Gasteiger partial charge in [-0.05, 0) is 18.1 Å². The Bertz CT molecular complexity index is 292. The predicted octanol–water partition coefficient (Wildman–Crippen LogP) is 1.52. The molecule has 0 fully saturated rings. The minimum atomic E-state index is -0.146. The van der Waals surface area contributed by atoms with Gasteiger partial charge in [-0.15, -0.1) is 0 Å². The van der Waals surface area contributed by atoms with E-state index in [1.54, 1.807) is 19.5 Å². The molecule has 0 aliphatic rings. The van der Waals surface area contributed by atoms with Crippen molar-refractivity contribution in [3.8, 4) is 5.75 Å². The van der Waals surface area contributed by atoms with Crippen LogP contribution in [0.15, 0.2) is 18.5 Å². The van der Waals surface area contributed by atoms with Crippen LogP contribution in [-0.4, -0.2) is 25.3 Å². The minimum absolute atomic E-state index is 0.146. The van der Waals surface area contributed by atoms with E-state index in [-0.39, 0.29) is 6.04 Å². The fraction of sp³-hybridized carbons (Fsp3) is 0.545. The van der Waals surface area contributed by atoms with Crippen molar-refractivity contribution < 1.29 is 9.47 Å². The van der Waals surface area contributed by atoms with Gasteiger partial charge >= 0.3 is 0 Å². The molecule has 1 unspecified atom stereocenters. The van der Waals surface area contributed by atoms with Crippen LogP contribution in [0.5, 0.6) is 5.75 Å². The molecule has 2 N–H and O–H groups in total. The number of pyridine rings is 1. The number of hydrogen-bond donors (Lipinski definition) is 1. The lowest BCUT2D eigenvalue weighted by atomic mass is 10.1. The third-order valence-corrected chi connectivity index (χ3v) is 1.98. The lowest BCUT2D eigenvalue weighted by Crippen LogP contribution is -2.16. The number of nitrogens with two attached hydrogens (primary N) is 1. The third kappa shape index (κ3) is 3.85. The molecule has 84 valence electrons. The van der Waals surface area contributed by atoms with Crippen LogP contribution in [-0.2, 0) is 4.74 Å². The van der Waals surface area contributed by atoms with Gasteiger partial charge in [-0.1, -0.05) is 6.92 Å². The average molecular weight is 210 g/mol. The highest BCUT2D eigenvalue weighted by Crippen LogP contribution is 2.16. The predicted molar refractivity (Wildman–Crippen MR) is 58.8 cm³/mol. The Morgan fingerprint density at radius 2 is 2.27 bits per heavy atom. The van der Waals surface area contributed by atoms with Gasteiger partial charge in [0.15, 0.2) is 0 Å². The van der Waals surface area contributed by atoms with Gasteiger partial charge in [0.25, 0.3) is 0 Å². The lowest BCUT2D eigenvalue weighted by Gasteiger charge is -2.11. The number of methoxy groups -OCH3 is 1. The quantitative estimate of drug-likeness (QED) is 0.773. The first-order chi connectivity index (χ1) is 7.27. The van der Waals surface area contributed by atoms with E-state index in [1.807, 2.05) is 6.07 Å². The van der Waals surface area contributed by atoms with E-state index in [0.717, 1.165) is 17.7 Å². The molecule has 0 radical (unpaired) electrons. The summed E-state index contributed by atoms with van der Waals surface area (Å²) in [6, 6.07) is 1.76. The van der Waals surface area contributed by atoms with E-state index in [4.69, 9.17) is 15.2 Å². The van der Waals surface area contributed by atoms with Gasteiger partial charge in [-0.2, -0.15) is 0 Å². The molecule has 4 nitrogen and oxygen atoms in total. The molecule has 0 bridgehead atoms. The smallest absolute Gasteiger partial charge is 0.137 e. The highest BCUT2D eigenvalue weighted by molar-refractivity contribution is 5.25. The van der Waals surface area contributed by atoms with Crippen LogP contribution in [0.1, 0.15) is 24.9 Å². The SMILES string of the molecule is CCCOc1cncc(C(N)COC)c1. The van der Waals surface area contributed by atoms with Gasteiger partial charge in [-0.3, -0.25) is 4.98 Å². The summed E-state index contributed by atoms with van der Waals surface area (Å²) in [5, 5.41) is 0. The van der Waals surface area contributed by atoms with Gasteiger partial charge in [0.2, 0.25) is 0 Å². The molecule has 1 atom stereocenters. The fourth-order valence-corrected chi connectivity index (χ4v) is 1.21. The monoisotopic (exact) mass is 210 g/mol. The molecule has 1 aromatic heterocycles. The summed E-state index contributed by atoms with van der Waals surface area (Å²) in [6.45, 7) is 3.25. The van der Waals surface area contributed by atoms with Crippen molar-refractivity contribution >= 4 is 0 Å². The summed E-state index contributed by atoms with van der Waals surface area (Å²) in [5.41, 5.74) is 6.82. The molecule has 0 amide bonds. The van der Waals surface area contributed by atoms with Crippen LogP contribution < -0.4 is 10.5 Å². The number of aromatic nitrogens is 1. The molecule has 4 heteroatoms. The first-order valence-electron chi connectivity index (χ1n) is 5.10.